The van der Waals surface area contributed by atoms with Gasteiger partial charge in [-0.05, 0) is 41.8 Å². The van der Waals surface area contributed by atoms with Crippen molar-refractivity contribution in [1.82, 2.24) is 10.2 Å². The van der Waals surface area contributed by atoms with Gasteiger partial charge in [-0.1, -0.05) is 54.7 Å². The molecule has 0 aromatic heterocycles. The van der Waals surface area contributed by atoms with E-state index in [0.717, 1.165) is 24.0 Å². The van der Waals surface area contributed by atoms with Crippen LogP contribution in [0, 0.1) is 0 Å². The van der Waals surface area contributed by atoms with E-state index in [4.69, 9.17) is 23.2 Å². The zero-order chi connectivity index (χ0) is 21.6. The molecule has 2 aliphatic heterocycles. The Morgan fingerprint density at radius 3 is 2.53 bits per heavy atom. The van der Waals surface area contributed by atoms with Gasteiger partial charge < -0.3 is 15.5 Å². The van der Waals surface area contributed by atoms with Crippen molar-refractivity contribution in [3.8, 4) is 0 Å². The molecule has 5 nitrogen and oxygen atoms in total. The summed E-state index contributed by atoms with van der Waals surface area (Å²) in [5, 5.41) is 7.71. The fourth-order valence-electron chi connectivity index (χ4n) is 5.15. The molecule has 0 bridgehead atoms. The molecule has 2 aliphatic rings. The van der Waals surface area contributed by atoms with E-state index in [9.17, 15) is 9.59 Å². The number of nitrogens with zero attached hydrogens (tertiary/aromatic N) is 1. The van der Waals surface area contributed by atoms with Crippen LogP contribution in [-0.2, 0) is 15.0 Å². The van der Waals surface area contributed by atoms with E-state index in [1.165, 1.54) is 0 Å². The maximum Gasteiger partial charge on any atom is 0.239 e. The van der Waals surface area contributed by atoms with Crippen molar-refractivity contribution in [2.75, 3.05) is 19.4 Å². The second-order valence-electron chi connectivity index (χ2n) is 8.26. The highest BCUT2D eigenvalue weighted by Gasteiger charge is 2.65. The summed E-state index contributed by atoms with van der Waals surface area (Å²) in [7, 11) is 3.47. The van der Waals surface area contributed by atoms with Crippen molar-refractivity contribution < 1.29 is 9.59 Å². The van der Waals surface area contributed by atoms with Crippen LogP contribution in [0.1, 0.15) is 36.8 Å². The lowest BCUT2D eigenvalue weighted by molar-refractivity contribution is -0.131. The minimum atomic E-state index is -0.934. The van der Waals surface area contributed by atoms with Crippen molar-refractivity contribution >= 4 is 40.7 Å². The van der Waals surface area contributed by atoms with Gasteiger partial charge in [0, 0.05) is 41.8 Å². The number of carbonyl (C=O) groups excluding carboxylic acids is 2. The summed E-state index contributed by atoms with van der Waals surface area (Å²) in [5.41, 5.74) is 1.52. The van der Waals surface area contributed by atoms with E-state index < -0.39 is 17.4 Å². The highest BCUT2D eigenvalue weighted by Crippen LogP contribution is 2.56. The molecular weight excluding hydrogens is 421 g/mol. The summed E-state index contributed by atoms with van der Waals surface area (Å²) < 4.78 is 0. The fourth-order valence-corrected chi connectivity index (χ4v) is 5.53. The first-order valence-electron chi connectivity index (χ1n) is 10.1. The Morgan fingerprint density at radius 1 is 1.13 bits per heavy atom. The number of benzene rings is 2. The molecule has 0 radical (unpaired) electrons. The maximum absolute atomic E-state index is 13.7. The highest BCUT2D eigenvalue weighted by molar-refractivity contribution is 6.31. The molecule has 2 N–H and O–H groups in total. The lowest BCUT2D eigenvalue weighted by Crippen LogP contribution is -2.48. The van der Waals surface area contributed by atoms with Gasteiger partial charge in [0.2, 0.25) is 11.8 Å². The van der Waals surface area contributed by atoms with Gasteiger partial charge in [0.25, 0.3) is 0 Å². The lowest BCUT2D eigenvalue weighted by Gasteiger charge is -2.35. The molecule has 30 heavy (non-hydrogen) atoms. The molecule has 0 aliphatic carbocycles. The third-order valence-corrected chi connectivity index (χ3v) is 6.77. The van der Waals surface area contributed by atoms with Crippen LogP contribution in [-0.4, -0.2) is 42.9 Å². The number of halogens is 2. The molecule has 1 saturated heterocycles. The minimum Gasteiger partial charge on any atom is -0.347 e. The molecule has 4 rings (SSSR count). The molecule has 4 unspecified atom stereocenters. The number of amides is 2. The molecule has 1 fully saturated rings. The fraction of sp³-hybridized carbons (Fsp3) is 0.391. The largest absolute Gasteiger partial charge is 0.347 e. The smallest absolute Gasteiger partial charge is 0.239 e. The van der Waals surface area contributed by atoms with Crippen LogP contribution < -0.4 is 10.6 Å². The number of nitrogens with one attached hydrogen (secondary N) is 2. The summed E-state index contributed by atoms with van der Waals surface area (Å²) in [5.74, 6) is -0.581. The molecule has 2 aromatic rings. The molecule has 2 heterocycles. The highest BCUT2D eigenvalue weighted by atomic mass is 35.5. The van der Waals surface area contributed by atoms with Gasteiger partial charge in [-0.2, -0.15) is 0 Å². The van der Waals surface area contributed by atoms with E-state index in [2.05, 4.69) is 17.6 Å². The van der Waals surface area contributed by atoms with Crippen molar-refractivity contribution in [3.63, 3.8) is 0 Å². The molecule has 7 heteroatoms. The summed E-state index contributed by atoms with van der Waals surface area (Å²) in [6.45, 7) is 2.08. The Kier molecular flexibility index (Phi) is 5.56. The predicted octanol–water partition coefficient (Wildman–Crippen LogP) is 4.20. The average Bonchev–Trinajstić information content (AvgIpc) is 3.17. The zero-order valence-electron chi connectivity index (χ0n) is 17.2. The van der Waals surface area contributed by atoms with E-state index in [1.54, 1.807) is 31.1 Å². The first kappa shape index (κ1) is 21.2. The molecule has 1 spiro atoms. The van der Waals surface area contributed by atoms with Crippen LogP contribution in [0.3, 0.4) is 0 Å². The van der Waals surface area contributed by atoms with Crippen LogP contribution >= 0.6 is 23.2 Å². The van der Waals surface area contributed by atoms with Gasteiger partial charge in [0.1, 0.15) is 5.41 Å². The average molecular weight is 446 g/mol. The van der Waals surface area contributed by atoms with Gasteiger partial charge in [-0.3, -0.25) is 9.59 Å². The van der Waals surface area contributed by atoms with Crippen LogP contribution in [0.2, 0.25) is 10.0 Å². The van der Waals surface area contributed by atoms with Gasteiger partial charge in [-0.25, -0.2) is 0 Å². The number of hydrogen-bond acceptors (Lipinski definition) is 3. The standard InChI is InChI=1S/C23H25Cl2N3O2/c1-4-6-18-23(16-10-9-15(25)12-17(16)26-22(23)30)19(13-7-5-8-14(24)11-13)20(27-18)21(29)28(2)3/h5,7-12,18-20,27H,4,6H2,1-3H3,(H,26,30). The predicted molar refractivity (Wildman–Crippen MR) is 120 cm³/mol. The second-order valence-corrected chi connectivity index (χ2v) is 9.14. The van der Waals surface area contributed by atoms with Crippen molar-refractivity contribution in [3.05, 3.63) is 63.6 Å². The Labute approximate surface area is 186 Å². The minimum absolute atomic E-state index is 0.0619. The first-order valence-corrected chi connectivity index (χ1v) is 10.9. The number of carbonyl (C=O) groups is 2. The summed E-state index contributed by atoms with van der Waals surface area (Å²) >= 11 is 12.5. The lowest BCUT2D eigenvalue weighted by atomic mass is 9.64. The quantitative estimate of drug-likeness (QED) is 0.741. The van der Waals surface area contributed by atoms with E-state index in [-0.39, 0.29) is 17.9 Å². The van der Waals surface area contributed by atoms with E-state index in [1.807, 2.05) is 30.3 Å². The molecule has 0 saturated carbocycles. The Balaban J connectivity index is 1.99. The molecular formula is C23H25Cl2N3O2. The van der Waals surface area contributed by atoms with E-state index in [0.29, 0.717) is 15.7 Å². The van der Waals surface area contributed by atoms with Crippen molar-refractivity contribution in [2.45, 2.75) is 43.2 Å². The third-order valence-electron chi connectivity index (χ3n) is 6.30. The third kappa shape index (κ3) is 3.11. The zero-order valence-corrected chi connectivity index (χ0v) is 18.7. The van der Waals surface area contributed by atoms with Gasteiger partial charge in [0.05, 0.1) is 6.04 Å². The topological polar surface area (TPSA) is 61.4 Å². The monoisotopic (exact) mass is 445 g/mol. The van der Waals surface area contributed by atoms with Crippen LogP contribution in [0.4, 0.5) is 5.69 Å². The normalized spacial score (nSPS) is 27.2. The Morgan fingerprint density at radius 2 is 1.87 bits per heavy atom. The number of fused-ring (bicyclic) bond motifs is 2. The number of anilines is 1. The Bertz CT molecular complexity index is 1010. The van der Waals surface area contributed by atoms with Gasteiger partial charge in [-0.15, -0.1) is 0 Å². The summed E-state index contributed by atoms with van der Waals surface area (Å²) in [6.07, 6.45) is 1.63. The van der Waals surface area contributed by atoms with Gasteiger partial charge in [0.15, 0.2) is 0 Å². The van der Waals surface area contributed by atoms with Crippen LogP contribution in [0.5, 0.6) is 0 Å². The SMILES string of the molecule is CCCC1NC(C(=O)N(C)C)C(c2cccc(Cl)c2)C12C(=O)Nc1cc(Cl)ccc12. The van der Waals surface area contributed by atoms with Crippen LogP contribution in [0.15, 0.2) is 42.5 Å². The first-order chi connectivity index (χ1) is 14.3. The number of hydrogen-bond donors (Lipinski definition) is 2. The Hall–Kier alpha value is -2.08. The van der Waals surface area contributed by atoms with Crippen molar-refractivity contribution in [2.24, 2.45) is 0 Å². The molecule has 4 atom stereocenters. The summed E-state index contributed by atoms with van der Waals surface area (Å²) in [6, 6.07) is 12.2. The summed E-state index contributed by atoms with van der Waals surface area (Å²) in [4.78, 5) is 28.5. The van der Waals surface area contributed by atoms with Gasteiger partial charge >= 0.3 is 0 Å². The molecule has 158 valence electrons. The second kappa shape index (κ2) is 7.88. The molecule has 2 amide bonds. The molecule has 2 aromatic carbocycles. The van der Waals surface area contributed by atoms with E-state index >= 15 is 0 Å². The van der Waals surface area contributed by atoms with Crippen LogP contribution in [0.25, 0.3) is 0 Å². The number of rotatable bonds is 4. The van der Waals surface area contributed by atoms with Crippen molar-refractivity contribution in [1.29, 1.82) is 0 Å². The number of likely N-dealkylation sites (N-methyl/N-ethyl adjacent to an activating group) is 1. The maximum atomic E-state index is 13.7.